The minimum Gasteiger partial charge on any atom is -0.289 e. The summed E-state index contributed by atoms with van der Waals surface area (Å²) in [7, 11) is 0. The molecule has 3 aromatic carbocycles. The smallest absolute Gasteiger partial charge is 0.231 e. The average molecular weight is 402 g/mol. The molecule has 0 N–H and O–H groups in total. The van der Waals surface area contributed by atoms with Crippen molar-refractivity contribution in [3.8, 4) is 0 Å². The molecule has 4 heteroatoms. The number of aryl methyl sites for hydroxylation is 1. The standard InChI is InChI=1S/C25H20ClNO2/c1-17-11-13-19(14-12-17)27-23(28)16-15-21(24(27)18-7-3-2-4-8-18)25(29)20-9-5-6-10-22(20)26/h2-14H,15-16H2,1H3. The van der Waals surface area contributed by atoms with Gasteiger partial charge in [-0.15, -0.1) is 0 Å². The quantitative estimate of drug-likeness (QED) is 0.497. The van der Waals surface area contributed by atoms with Gasteiger partial charge in [-0.1, -0.05) is 71.8 Å². The molecule has 1 aliphatic rings. The van der Waals surface area contributed by atoms with Gasteiger partial charge in [-0.25, -0.2) is 0 Å². The van der Waals surface area contributed by atoms with Crippen molar-refractivity contribution in [2.45, 2.75) is 19.8 Å². The van der Waals surface area contributed by atoms with Crippen molar-refractivity contribution in [3.05, 3.63) is 106 Å². The van der Waals surface area contributed by atoms with Crippen LogP contribution in [-0.2, 0) is 4.79 Å². The summed E-state index contributed by atoms with van der Waals surface area (Å²) in [6, 6.07) is 24.4. The van der Waals surface area contributed by atoms with Crippen molar-refractivity contribution in [1.82, 2.24) is 0 Å². The van der Waals surface area contributed by atoms with Gasteiger partial charge in [0.05, 0.1) is 10.7 Å². The summed E-state index contributed by atoms with van der Waals surface area (Å²) >= 11 is 6.31. The van der Waals surface area contributed by atoms with E-state index in [1.165, 1.54) is 0 Å². The van der Waals surface area contributed by atoms with E-state index in [0.29, 0.717) is 28.3 Å². The van der Waals surface area contributed by atoms with E-state index < -0.39 is 0 Å². The molecule has 0 atom stereocenters. The summed E-state index contributed by atoms with van der Waals surface area (Å²) in [6.07, 6.45) is 0.658. The number of carbonyl (C=O) groups excluding carboxylic acids is 2. The first-order valence-electron chi connectivity index (χ1n) is 9.53. The van der Waals surface area contributed by atoms with Crippen molar-refractivity contribution in [1.29, 1.82) is 0 Å². The summed E-state index contributed by atoms with van der Waals surface area (Å²) in [5.74, 6) is -0.164. The maximum absolute atomic E-state index is 13.5. The SMILES string of the molecule is Cc1ccc(N2C(=O)CCC(C(=O)c3ccccc3Cl)=C2c2ccccc2)cc1. The molecular formula is C25H20ClNO2. The number of ketones is 1. The highest BCUT2D eigenvalue weighted by molar-refractivity contribution is 6.35. The minimum atomic E-state index is -0.140. The largest absolute Gasteiger partial charge is 0.289 e. The van der Waals surface area contributed by atoms with Crippen molar-refractivity contribution in [2.75, 3.05) is 4.90 Å². The van der Waals surface area contributed by atoms with Gasteiger partial charge in [-0.2, -0.15) is 0 Å². The lowest BCUT2D eigenvalue weighted by molar-refractivity contribution is -0.118. The normalized spacial score (nSPS) is 14.3. The number of rotatable bonds is 4. The number of halogens is 1. The number of nitrogens with zero attached hydrogens (tertiary/aromatic N) is 1. The van der Waals surface area contributed by atoms with E-state index in [-0.39, 0.29) is 18.1 Å². The average Bonchev–Trinajstić information content (AvgIpc) is 2.75. The Morgan fingerprint density at radius 1 is 0.862 bits per heavy atom. The van der Waals surface area contributed by atoms with Gasteiger partial charge in [0.2, 0.25) is 5.91 Å². The molecule has 1 amide bonds. The highest BCUT2D eigenvalue weighted by Crippen LogP contribution is 2.37. The maximum atomic E-state index is 13.5. The zero-order valence-corrected chi connectivity index (χ0v) is 16.8. The fraction of sp³-hybridized carbons (Fsp3) is 0.120. The molecule has 1 heterocycles. The van der Waals surface area contributed by atoms with E-state index in [4.69, 9.17) is 11.6 Å². The van der Waals surface area contributed by atoms with Crippen LogP contribution >= 0.6 is 11.6 Å². The van der Waals surface area contributed by atoms with E-state index in [2.05, 4.69) is 0 Å². The zero-order chi connectivity index (χ0) is 20.4. The number of anilines is 1. The first-order valence-corrected chi connectivity index (χ1v) is 9.91. The lowest BCUT2D eigenvalue weighted by atomic mass is 9.90. The molecule has 0 saturated heterocycles. The molecule has 0 spiro atoms. The molecule has 0 unspecified atom stereocenters. The summed E-state index contributed by atoms with van der Waals surface area (Å²) in [5, 5.41) is 0.413. The summed E-state index contributed by atoms with van der Waals surface area (Å²) in [4.78, 5) is 28.1. The molecule has 29 heavy (non-hydrogen) atoms. The van der Waals surface area contributed by atoms with Crippen molar-refractivity contribution >= 4 is 34.7 Å². The molecule has 0 aromatic heterocycles. The van der Waals surface area contributed by atoms with Crippen molar-refractivity contribution in [3.63, 3.8) is 0 Å². The number of amides is 1. The van der Waals surface area contributed by atoms with Crippen LogP contribution in [0.25, 0.3) is 5.70 Å². The van der Waals surface area contributed by atoms with Gasteiger partial charge in [0.1, 0.15) is 0 Å². The molecule has 0 aliphatic carbocycles. The first kappa shape index (κ1) is 19.2. The highest BCUT2D eigenvalue weighted by Gasteiger charge is 2.32. The summed E-state index contributed by atoms with van der Waals surface area (Å²) < 4.78 is 0. The molecule has 3 aromatic rings. The van der Waals surface area contributed by atoms with Crippen LogP contribution < -0.4 is 4.90 Å². The summed E-state index contributed by atoms with van der Waals surface area (Å²) in [6.45, 7) is 2.00. The van der Waals surface area contributed by atoms with E-state index in [1.807, 2.05) is 61.5 Å². The Morgan fingerprint density at radius 3 is 2.21 bits per heavy atom. The Morgan fingerprint density at radius 2 is 1.52 bits per heavy atom. The second-order valence-electron chi connectivity index (χ2n) is 7.07. The third-order valence-corrected chi connectivity index (χ3v) is 5.41. The van der Waals surface area contributed by atoms with Gasteiger partial charge in [-0.05, 0) is 43.2 Å². The molecule has 4 rings (SSSR count). The Labute approximate surface area is 175 Å². The lowest BCUT2D eigenvalue weighted by Gasteiger charge is -2.32. The fourth-order valence-electron chi connectivity index (χ4n) is 3.62. The number of Topliss-reactive ketones (excluding diaryl/α,β-unsaturated/α-hetero) is 1. The van der Waals surface area contributed by atoms with Crippen LogP contribution in [0.15, 0.2) is 84.4 Å². The number of benzene rings is 3. The first-order chi connectivity index (χ1) is 14.1. The van der Waals surface area contributed by atoms with Crippen LogP contribution in [0.3, 0.4) is 0 Å². The van der Waals surface area contributed by atoms with Crippen molar-refractivity contribution in [2.24, 2.45) is 0 Å². The number of carbonyl (C=O) groups is 2. The van der Waals surface area contributed by atoms with Crippen LogP contribution in [-0.4, -0.2) is 11.7 Å². The van der Waals surface area contributed by atoms with Crippen LogP contribution in [0.1, 0.15) is 34.3 Å². The third kappa shape index (κ3) is 3.74. The number of hydrogen-bond acceptors (Lipinski definition) is 2. The molecule has 1 aliphatic heterocycles. The zero-order valence-electron chi connectivity index (χ0n) is 16.1. The maximum Gasteiger partial charge on any atom is 0.231 e. The molecule has 0 bridgehead atoms. The predicted molar refractivity (Wildman–Crippen MR) is 117 cm³/mol. The predicted octanol–water partition coefficient (Wildman–Crippen LogP) is 6.07. The van der Waals surface area contributed by atoms with Crippen LogP contribution in [0.2, 0.25) is 5.02 Å². The molecule has 144 valence electrons. The van der Waals surface area contributed by atoms with E-state index >= 15 is 0 Å². The molecule has 0 radical (unpaired) electrons. The van der Waals surface area contributed by atoms with Crippen LogP contribution in [0.5, 0.6) is 0 Å². The second-order valence-corrected chi connectivity index (χ2v) is 7.47. The molecule has 3 nitrogen and oxygen atoms in total. The summed E-state index contributed by atoms with van der Waals surface area (Å²) in [5.41, 5.74) is 4.38. The highest BCUT2D eigenvalue weighted by atomic mass is 35.5. The lowest BCUT2D eigenvalue weighted by Crippen LogP contribution is -2.35. The van der Waals surface area contributed by atoms with Gasteiger partial charge in [0.15, 0.2) is 5.78 Å². The minimum absolute atomic E-state index is 0.0246. The van der Waals surface area contributed by atoms with Gasteiger partial charge in [0.25, 0.3) is 0 Å². The van der Waals surface area contributed by atoms with Gasteiger partial charge >= 0.3 is 0 Å². The monoisotopic (exact) mass is 401 g/mol. The van der Waals surface area contributed by atoms with E-state index in [1.54, 1.807) is 29.2 Å². The number of allylic oxidation sites excluding steroid dienone is 1. The topological polar surface area (TPSA) is 37.4 Å². The van der Waals surface area contributed by atoms with Gasteiger partial charge in [-0.3, -0.25) is 14.5 Å². The molecule has 0 fully saturated rings. The Bertz CT molecular complexity index is 1100. The van der Waals surface area contributed by atoms with Gasteiger partial charge < -0.3 is 0 Å². The Balaban J connectivity index is 1.94. The second kappa shape index (κ2) is 8.06. The van der Waals surface area contributed by atoms with Crippen LogP contribution in [0, 0.1) is 6.92 Å². The Kier molecular flexibility index (Phi) is 5.32. The fourth-order valence-corrected chi connectivity index (χ4v) is 3.84. The van der Waals surface area contributed by atoms with E-state index in [0.717, 1.165) is 16.8 Å². The molecular weight excluding hydrogens is 382 g/mol. The van der Waals surface area contributed by atoms with Gasteiger partial charge in [0, 0.05) is 23.2 Å². The number of hydrogen-bond donors (Lipinski definition) is 0. The molecule has 0 saturated carbocycles. The van der Waals surface area contributed by atoms with Crippen molar-refractivity contribution < 1.29 is 9.59 Å². The van der Waals surface area contributed by atoms with Crippen LogP contribution in [0.4, 0.5) is 5.69 Å². The third-order valence-electron chi connectivity index (χ3n) is 5.08. The Hall–Kier alpha value is -3.17. The van der Waals surface area contributed by atoms with E-state index in [9.17, 15) is 9.59 Å².